The number of urea groups is 1. The number of piperazine rings is 1. The van der Waals surface area contributed by atoms with Crippen LogP contribution in [0.5, 0.6) is 0 Å². The Morgan fingerprint density at radius 2 is 1.55 bits per heavy atom. The van der Waals surface area contributed by atoms with Crippen LogP contribution in [0.25, 0.3) is 0 Å². The van der Waals surface area contributed by atoms with E-state index < -0.39 is 18.2 Å². The van der Waals surface area contributed by atoms with Crippen molar-refractivity contribution in [2.75, 3.05) is 33.3 Å². The molecule has 2 atom stereocenters. The van der Waals surface area contributed by atoms with Crippen molar-refractivity contribution in [1.82, 2.24) is 25.1 Å². The molecular weight excluding hydrogens is 544 g/mol. The minimum absolute atomic E-state index is 0.0696. The van der Waals surface area contributed by atoms with E-state index in [2.05, 4.69) is 5.32 Å². The summed E-state index contributed by atoms with van der Waals surface area (Å²) in [7, 11) is 1.66. The second-order valence-corrected chi connectivity index (χ2v) is 10.4. The van der Waals surface area contributed by atoms with E-state index in [1.165, 1.54) is 34.2 Å². The number of fused-ring (bicyclic) bond motifs is 1. The number of benzene rings is 3. The lowest BCUT2D eigenvalue weighted by atomic mass is 9.99. The fourth-order valence-electron chi connectivity index (χ4n) is 5.35. The third-order valence-electron chi connectivity index (χ3n) is 7.46. The summed E-state index contributed by atoms with van der Waals surface area (Å²) >= 11 is 0. The molecular formula is C31H33F2N5O4. The number of hydrazine groups is 1. The average molecular weight is 578 g/mol. The zero-order chi connectivity index (χ0) is 29.6. The molecule has 2 heterocycles. The molecule has 42 heavy (non-hydrogen) atoms. The fourth-order valence-corrected chi connectivity index (χ4v) is 5.35. The molecule has 2 aliphatic heterocycles. The molecule has 2 fully saturated rings. The van der Waals surface area contributed by atoms with Crippen LogP contribution in [0.15, 0.2) is 78.9 Å². The maximum atomic E-state index is 13.8. The Morgan fingerprint density at radius 3 is 2.21 bits per heavy atom. The molecule has 2 saturated heterocycles. The first-order valence-corrected chi connectivity index (χ1v) is 13.8. The number of hydrogen-bond acceptors (Lipinski definition) is 5. The fraction of sp³-hybridized carbons (Fsp3) is 0.323. The van der Waals surface area contributed by atoms with Crippen molar-refractivity contribution in [2.24, 2.45) is 0 Å². The van der Waals surface area contributed by atoms with Gasteiger partial charge in [0.25, 0.3) is 0 Å². The second kappa shape index (κ2) is 13.1. The first-order chi connectivity index (χ1) is 20.3. The van der Waals surface area contributed by atoms with Gasteiger partial charge in [-0.2, -0.15) is 0 Å². The quantitative estimate of drug-likeness (QED) is 0.395. The van der Waals surface area contributed by atoms with E-state index in [-0.39, 0.29) is 62.8 Å². The highest BCUT2D eigenvalue weighted by Crippen LogP contribution is 2.27. The Kier molecular flexibility index (Phi) is 9.09. The van der Waals surface area contributed by atoms with Gasteiger partial charge in [-0.3, -0.25) is 9.59 Å². The van der Waals surface area contributed by atoms with Gasteiger partial charge in [-0.05, 0) is 41.0 Å². The number of carbonyl (C=O) groups excluding carboxylic acids is 3. The molecule has 1 N–H and O–H groups in total. The first kappa shape index (κ1) is 29.2. The number of amides is 4. The number of nitrogens with one attached hydrogen (secondary N) is 1. The van der Waals surface area contributed by atoms with Crippen molar-refractivity contribution in [2.45, 2.75) is 31.8 Å². The topological polar surface area (TPSA) is 85.4 Å². The average Bonchev–Trinajstić information content (AvgIpc) is 2.98. The van der Waals surface area contributed by atoms with Gasteiger partial charge < -0.3 is 19.9 Å². The number of hydrogen-bond donors (Lipinski definition) is 1. The van der Waals surface area contributed by atoms with E-state index in [0.29, 0.717) is 6.42 Å². The predicted octanol–water partition coefficient (Wildman–Crippen LogP) is 3.16. The van der Waals surface area contributed by atoms with Crippen LogP contribution < -0.4 is 5.32 Å². The van der Waals surface area contributed by atoms with Crippen molar-refractivity contribution < 1.29 is 27.9 Å². The van der Waals surface area contributed by atoms with Gasteiger partial charge in [0.2, 0.25) is 11.8 Å². The van der Waals surface area contributed by atoms with Gasteiger partial charge in [-0.25, -0.2) is 23.6 Å². The molecule has 2 aliphatic rings. The maximum absolute atomic E-state index is 13.8. The summed E-state index contributed by atoms with van der Waals surface area (Å²) in [5.41, 5.74) is 2.42. The van der Waals surface area contributed by atoms with E-state index in [1.807, 2.05) is 30.3 Å². The Labute approximate surface area is 243 Å². The highest BCUT2D eigenvalue weighted by Gasteiger charge is 2.50. The summed E-state index contributed by atoms with van der Waals surface area (Å²) in [5, 5.41) is 5.89. The van der Waals surface area contributed by atoms with Crippen LogP contribution in [0.2, 0.25) is 0 Å². The van der Waals surface area contributed by atoms with E-state index in [4.69, 9.17) is 4.74 Å². The third kappa shape index (κ3) is 6.75. The van der Waals surface area contributed by atoms with Crippen LogP contribution in [0.4, 0.5) is 13.6 Å². The summed E-state index contributed by atoms with van der Waals surface area (Å²) < 4.78 is 32.3. The Balaban J connectivity index is 1.34. The molecule has 4 amide bonds. The normalized spacial score (nSPS) is 19.2. The van der Waals surface area contributed by atoms with Crippen LogP contribution >= 0.6 is 0 Å². The number of nitrogens with zero attached hydrogens (tertiary/aromatic N) is 4. The molecule has 5 rings (SSSR count). The van der Waals surface area contributed by atoms with Gasteiger partial charge in [0.15, 0.2) is 0 Å². The molecule has 0 spiro atoms. The van der Waals surface area contributed by atoms with Crippen molar-refractivity contribution in [3.8, 4) is 0 Å². The van der Waals surface area contributed by atoms with E-state index in [1.54, 1.807) is 41.2 Å². The zero-order valence-electron chi connectivity index (χ0n) is 23.3. The van der Waals surface area contributed by atoms with Gasteiger partial charge >= 0.3 is 6.03 Å². The van der Waals surface area contributed by atoms with Crippen LogP contribution in [-0.2, 0) is 33.9 Å². The van der Waals surface area contributed by atoms with Gasteiger partial charge in [-0.15, -0.1) is 0 Å². The number of likely N-dealkylation sites (N-methyl/N-ethyl adjacent to an activating group) is 1. The van der Waals surface area contributed by atoms with E-state index in [0.717, 1.165) is 16.7 Å². The molecule has 9 nitrogen and oxygen atoms in total. The largest absolute Gasteiger partial charge is 0.375 e. The monoisotopic (exact) mass is 577 g/mol. The van der Waals surface area contributed by atoms with Crippen LogP contribution in [0.1, 0.15) is 16.7 Å². The van der Waals surface area contributed by atoms with Crippen molar-refractivity contribution in [3.05, 3.63) is 107 Å². The molecule has 3 aromatic rings. The minimum Gasteiger partial charge on any atom is -0.375 e. The third-order valence-corrected chi connectivity index (χ3v) is 7.46. The van der Waals surface area contributed by atoms with Crippen molar-refractivity contribution in [1.29, 1.82) is 0 Å². The van der Waals surface area contributed by atoms with Gasteiger partial charge in [-0.1, -0.05) is 54.6 Å². The van der Waals surface area contributed by atoms with Crippen LogP contribution in [0, 0.1) is 11.6 Å². The zero-order valence-corrected chi connectivity index (χ0v) is 23.3. The van der Waals surface area contributed by atoms with Gasteiger partial charge in [0.05, 0.1) is 26.3 Å². The molecule has 0 aliphatic carbocycles. The van der Waals surface area contributed by atoms with E-state index in [9.17, 15) is 23.2 Å². The Bertz CT molecular complexity index is 1390. The Hall–Kier alpha value is -4.35. The lowest BCUT2D eigenvalue weighted by molar-refractivity contribution is -0.187. The van der Waals surface area contributed by atoms with Crippen LogP contribution in [0.3, 0.4) is 0 Å². The number of rotatable bonds is 9. The molecule has 0 unspecified atom stereocenters. The van der Waals surface area contributed by atoms with E-state index >= 15 is 0 Å². The lowest BCUT2D eigenvalue weighted by Crippen LogP contribution is -2.76. The molecule has 0 saturated carbocycles. The second-order valence-electron chi connectivity index (χ2n) is 10.4. The molecule has 0 aromatic heterocycles. The molecule has 11 heteroatoms. The smallest absolute Gasteiger partial charge is 0.334 e. The summed E-state index contributed by atoms with van der Waals surface area (Å²) in [5.74, 6) is -1.16. The summed E-state index contributed by atoms with van der Waals surface area (Å²) in [4.78, 5) is 43.9. The molecule has 3 aromatic carbocycles. The summed E-state index contributed by atoms with van der Waals surface area (Å²) in [6.07, 6.45) is -0.447. The molecule has 0 radical (unpaired) electrons. The highest BCUT2D eigenvalue weighted by molar-refractivity contribution is 5.91. The number of carbonyl (C=O) groups is 3. The first-order valence-electron chi connectivity index (χ1n) is 13.8. The Morgan fingerprint density at radius 1 is 0.905 bits per heavy atom. The summed E-state index contributed by atoms with van der Waals surface area (Å²) in [6.45, 7) is 0.915. The van der Waals surface area contributed by atoms with Gasteiger partial charge in [0, 0.05) is 26.6 Å². The van der Waals surface area contributed by atoms with Gasteiger partial charge in [0.1, 0.15) is 23.8 Å². The lowest BCUT2D eigenvalue weighted by Gasteiger charge is -2.54. The maximum Gasteiger partial charge on any atom is 0.334 e. The molecule has 0 bridgehead atoms. The molecule has 220 valence electrons. The SMILES string of the molecule is CN1CC(=O)N2[C@@H](Cc3ccccc3)C(=O)N(CCOCc3ccc(F)cc3)C[C@@H]2N1C(=O)NCc1ccc(F)cc1. The van der Waals surface area contributed by atoms with Crippen LogP contribution in [-0.4, -0.2) is 83.2 Å². The van der Waals surface area contributed by atoms with Crippen molar-refractivity contribution in [3.63, 3.8) is 0 Å². The summed E-state index contributed by atoms with van der Waals surface area (Å²) in [6, 6.07) is 20.0. The van der Waals surface area contributed by atoms with Crippen molar-refractivity contribution >= 4 is 17.8 Å². The standard InChI is InChI=1S/C31H33F2N5O4/c1-35-20-29(39)37-27(17-22-5-3-2-4-6-22)30(40)36(15-16-42-21-24-9-13-26(33)14-10-24)19-28(37)38(35)31(41)34-18-23-7-11-25(32)12-8-23/h2-14,27-28H,15-21H2,1H3,(H,34,41)/t27-,28-/m0/s1. The minimum atomic E-state index is -0.808. The predicted molar refractivity (Wildman–Crippen MR) is 150 cm³/mol. The highest BCUT2D eigenvalue weighted by atomic mass is 19.1. The number of halogens is 2. The number of ether oxygens (including phenoxy) is 1.